The third-order valence-corrected chi connectivity index (χ3v) is 9.74. The highest BCUT2D eigenvalue weighted by molar-refractivity contribution is 6.03. The molecular weight excluding hydrogens is 632 g/mol. The van der Waals surface area contributed by atoms with Crippen molar-refractivity contribution in [2.45, 2.75) is 50.4 Å². The summed E-state index contributed by atoms with van der Waals surface area (Å²) in [5.41, 5.74) is 6.73. The van der Waals surface area contributed by atoms with E-state index in [-0.39, 0.29) is 42.1 Å². The Bertz CT molecular complexity index is 2170. The molecule has 3 N–H and O–H groups in total. The van der Waals surface area contributed by atoms with Gasteiger partial charge in [-0.1, -0.05) is 60.7 Å². The first-order chi connectivity index (χ1) is 24.5. The summed E-state index contributed by atoms with van der Waals surface area (Å²) in [5, 5.41) is 12.5. The van der Waals surface area contributed by atoms with Crippen LogP contribution in [0.2, 0.25) is 0 Å². The van der Waals surface area contributed by atoms with Crippen LogP contribution < -0.4 is 11.0 Å². The number of carbonyl (C=O) groups is 1. The predicted molar refractivity (Wildman–Crippen MR) is 190 cm³/mol. The molecule has 2 saturated heterocycles. The van der Waals surface area contributed by atoms with Crippen molar-refractivity contribution in [1.29, 1.82) is 0 Å². The van der Waals surface area contributed by atoms with Gasteiger partial charge in [-0.15, -0.1) is 0 Å². The molecule has 0 radical (unpaired) electrons. The first-order valence-corrected chi connectivity index (χ1v) is 17.1. The standard InChI is InChI=1S/C39H38N6O5/c46-24-25-9-11-26(12-10-25)36-21-30(23-44-19-17-29(18-20-44)45-35-8-4-3-7-33(35)43-39(45)48)49-38(50-36)27-13-15-28(16-14-27)41-37(47)34-22-40-31-5-1-2-6-32(31)42-34/h1-16,22,29-30,36,38,46H,17-21,23-24H2,(H,41,47)(H,43,48)/t30-,36+,38+/m0/s1. The number of H-pyrrole nitrogens is 1. The highest BCUT2D eigenvalue weighted by Crippen LogP contribution is 2.39. The number of fused-ring (bicyclic) bond motifs is 2. The second kappa shape index (κ2) is 14.0. The molecule has 0 saturated carbocycles. The van der Waals surface area contributed by atoms with Gasteiger partial charge in [0, 0.05) is 43.3 Å². The number of carbonyl (C=O) groups excluding carboxylic acids is 1. The lowest BCUT2D eigenvalue weighted by atomic mass is 9.98. The number of piperidine rings is 1. The molecule has 11 nitrogen and oxygen atoms in total. The van der Waals surface area contributed by atoms with Crippen molar-refractivity contribution >= 4 is 33.7 Å². The Morgan fingerprint density at radius 1 is 0.880 bits per heavy atom. The molecule has 4 heterocycles. The summed E-state index contributed by atoms with van der Waals surface area (Å²) in [6, 6.07) is 30.8. The zero-order valence-corrected chi connectivity index (χ0v) is 27.4. The fourth-order valence-corrected chi connectivity index (χ4v) is 7.10. The van der Waals surface area contributed by atoms with Gasteiger partial charge < -0.3 is 29.8 Å². The van der Waals surface area contributed by atoms with Crippen LogP contribution in [0.4, 0.5) is 5.69 Å². The predicted octanol–water partition coefficient (Wildman–Crippen LogP) is 5.90. The highest BCUT2D eigenvalue weighted by atomic mass is 16.7. The first-order valence-electron chi connectivity index (χ1n) is 17.1. The molecule has 0 bridgehead atoms. The van der Waals surface area contributed by atoms with Crippen molar-refractivity contribution in [2.24, 2.45) is 0 Å². The molecule has 8 rings (SSSR count). The lowest BCUT2D eigenvalue weighted by molar-refractivity contribution is -0.253. The number of aliphatic hydroxyl groups is 1. The Hall–Kier alpha value is -5.20. The monoisotopic (exact) mass is 670 g/mol. The maximum Gasteiger partial charge on any atom is 0.326 e. The number of likely N-dealkylation sites (tertiary alicyclic amines) is 1. The molecule has 0 spiro atoms. The molecule has 0 aliphatic carbocycles. The Balaban J connectivity index is 0.957. The number of hydrogen-bond donors (Lipinski definition) is 3. The van der Waals surface area contributed by atoms with Crippen molar-refractivity contribution in [3.63, 3.8) is 0 Å². The molecule has 2 aromatic heterocycles. The van der Waals surface area contributed by atoms with Gasteiger partial charge in [0.25, 0.3) is 5.91 Å². The number of rotatable bonds is 8. The third-order valence-electron chi connectivity index (χ3n) is 9.74. The van der Waals surface area contributed by atoms with Gasteiger partial charge in [-0.3, -0.25) is 14.3 Å². The van der Waals surface area contributed by atoms with Crippen LogP contribution in [0, 0.1) is 0 Å². The van der Waals surface area contributed by atoms with E-state index in [1.807, 2.05) is 102 Å². The minimum absolute atomic E-state index is 0.0167. The number of aliphatic hydroxyl groups excluding tert-OH is 1. The lowest BCUT2D eigenvalue weighted by Gasteiger charge is -2.40. The van der Waals surface area contributed by atoms with Gasteiger partial charge >= 0.3 is 5.69 Å². The number of hydrogen-bond acceptors (Lipinski definition) is 8. The Morgan fingerprint density at radius 2 is 1.60 bits per heavy atom. The maximum atomic E-state index is 13.0. The average molecular weight is 671 g/mol. The van der Waals surface area contributed by atoms with E-state index < -0.39 is 6.29 Å². The van der Waals surface area contributed by atoms with E-state index in [0.29, 0.717) is 17.6 Å². The fraction of sp³-hybridized carbons (Fsp3) is 0.282. The zero-order chi connectivity index (χ0) is 34.0. The molecule has 50 heavy (non-hydrogen) atoms. The number of nitrogens with zero attached hydrogens (tertiary/aromatic N) is 4. The largest absolute Gasteiger partial charge is 0.392 e. The zero-order valence-electron chi connectivity index (χ0n) is 27.4. The summed E-state index contributed by atoms with van der Waals surface area (Å²) in [5.74, 6) is -0.342. The van der Waals surface area contributed by atoms with Gasteiger partial charge in [0.2, 0.25) is 0 Å². The average Bonchev–Trinajstić information content (AvgIpc) is 3.50. The number of benzene rings is 4. The van der Waals surface area contributed by atoms with Gasteiger partial charge in [-0.05, 0) is 60.4 Å². The molecule has 4 aromatic carbocycles. The van der Waals surface area contributed by atoms with E-state index >= 15 is 0 Å². The van der Waals surface area contributed by atoms with Crippen LogP contribution in [0.15, 0.2) is 108 Å². The van der Waals surface area contributed by atoms with E-state index in [4.69, 9.17) is 9.47 Å². The van der Waals surface area contributed by atoms with Crippen molar-refractivity contribution in [2.75, 3.05) is 25.0 Å². The lowest BCUT2D eigenvalue weighted by Crippen LogP contribution is -2.43. The normalized spacial score (nSPS) is 20.3. The summed E-state index contributed by atoms with van der Waals surface area (Å²) < 4.78 is 15.1. The summed E-state index contributed by atoms with van der Waals surface area (Å²) >= 11 is 0. The Morgan fingerprint density at radius 3 is 2.38 bits per heavy atom. The van der Waals surface area contributed by atoms with E-state index in [1.54, 1.807) is 0 Å². The Kier molecular flexibility index (Phi) is 8.95. The quantitative estimate of drug-likeness (QED) is 0.182. The smallest absolute Gasteiger partial charge is 0.326 e. The number of amides is 1. The molecule has 1 amide bonds. The van der Waals surface area contributed by atoms with Crippen LogP contribution in [-0.2, 0) is 16.1 Å². The number of anilines is 1. The number of ether oxygens (including phenoxy) is 2. The van der Waals surface area contributed by atoms with Crippen molar-refractivity contribution in [3.8, 4) is 0 Å². The molecule has 0 unspecified atom stereocenters. The third kappa shape index (κ3) is 6.68. The van der Waals surface area contributed by atoms with E-state index in [2.05, 4.69) is 25.2 Å². The van der Waals surface area contributed by atoms with E-state index in [1.165, 1.54) is 6.20 Å². The van der Waals surface area contributed by atoms with Crippen LogP contribution in [0.5, 0.6) is 0 Å². The molecule has 2 aliphatic rings. The number of aromatic nitrogens is 4. The van der Waals surface area contributed by atoms with Crippen LogP contribution in [-0.4, -0.2) is 61.2 Å². The van der Waals surface area contributed by atoms with Gasteiger partial charge in [0.1, 0.15) is 5.69 Å². The molecule has 11 heteroatoms. The Labute approximate surface area is 288 Å². The van der Waals surface area contributed by atoms with Gasteiger partial charge in [-0.25, -0.2) is 9.78 Å². The molecule has 2 fully saturated rings. The summed E-state index contributed by atoms with van der Waals surface area (Å²) in [7, 11) is 0. The second-order valence-corrected chi connectivity index (χ2v) is 13.0. The van der Waals surface area contributed by atoms with Crippen LogP contribution >= 0.6 is 0 Å². The summed E-state index contributed by atoms with van der Waals surface area (Å²) in [4.78, 5) is 40.0. The number of aromatic amines is 1. The highest BCUT2D eigenvalue weighted by Gasteiger charge is 2.34. The fourth-order valence-electron chi connectivity index (χ4n) is 7.10. The van der Waals surface area contributed by atoms with Crippen LogP contribution in [0.3, 0.4) is 0 Å². The minimum atomic E-state index is -0.616. The number of imidazole rings is 1. The van der Waals surface area contributed by atoms with Crippen molar-refractivity contribution in [3.05, 3.63) is 136 Å². The van der Waals surface area contributed by atoms with Gasteiger partial charge in [0.05, 0.1) is 47.1 Å². The minimum Gasteiger partial charge on any atom is -0.392 e. The molecule has 3 atom stereocenters. The second-order valence-electron chi connectivity index (χ2n) is 13.0. The van der Waals surface area contributed by atoms with Crippen molar-refractivity contribution < 1.29 is 19.4 Å². The summed E-state index contributed by atoms with van der Waals surface area (Å²) in [6.45, 7) is 2.43. The number of para-hydroxylation sites is 4. The topological polar surface area (TPSA) is 135 Å². The van der Waals surface area contributed by atoms with Gasteiger partial charge in [-0.2, -0.15) is 0 Å². The molecule has 6 aromatic rings. The maximum absolute atomic E-state index is 13.0. The van der Waals surface area contributed by atoms with Crippen molar-refractivity contribution in [1.82, 2.24) is 24.4 Å². The molecular formula is C39H38N6O5. The SMILES string of the molecule is O=C(Nc1ccc([C@@H]2O[C@H](CN3CCC(n4c(=O)[nH]c5ccccc54)CC3)C[C@H](c3ccc(CO)cc3)O2)cc1)c1cnc2ccccc2n1. The van der Waals surface area contributed by atoms with Crippen LogP contribution in [0.25, 0.3) is 22.1 Å². The van der Waals surface area contributed by atoms with Gasteiger partial charge in [0.15, 0.2) is 6.29 Å². The number of nitrogens with one attached hydrogen (secondary N) is 2. The van der Waals surface area contributed by atoms with Crippen LogP contribution in [0.1, 0.15) is 64.9 Å². The van der Waals surface area contributed by atoms with E-state index in [0.717, 1.165) is 65.7 Å². The summed E-state index contributed by atoms with van der Waals surface area (Å²) in [6.07, 6.45) is 2.98. The first kappa shape index (κ1) is 32.0. The van der Waals surface area contributed by atoms with E-state index in [9.17, 15) is 14.7 Å². The molecule has 254 valence electrons. The molecule has 2 aliphatic heterocycles.